The second-order valence-corrected chi connectivity index (χ2v) is 10.7. The number of hydrogen-bond donors (Lipinski definition) is 4. The molecule has 4 N–H and O–H groups in total. The van der Waals surface area contributed by atoms with Gasteiger partial charge in [-0.05, 0) is 42.9 Å². The van der Waals surface area contributed by atoms with E-state index < -0.39 is 54.1 Å². The SMILES string of the molecule is COC(=O)[C@@H]1CCCN(C2OC2[C@H](Cc2cccc(O)c2)NC(=O)[C@@H](NC(=O)CCN2C(=O)C=CC2=O)C(C)C)N1. The number of nitrogens with one attached hydrogen (secondary N) is 3. The summed E-state index contributed by atoms with van der Waals surface area (Å²) in [4.78, 5) is 62.8. The standard InChI is InChI=1S/C28H37N5O8/c1-16(2)24(30-21(35)11-13-32-22(36)9-10-23(32)37)26(38)29-20(15-17-6-4-7-18(34)14-17)25-27(41-25)33-12-5-8-19(31-33)28(39)40-3/h4,6-7,9-10,14,16,19-20,24-25,27,31,34H,5,8,11-13,15H2,1-3H3,(H,29,38)(H,30,35)/t19-,20-,24-,25?,27?/m0/s1. The molecule has 0 radical (unpaired) electrons. The molecule has 222 valence electrons. The average Bonchev–Trinajstić information content (AvgIpc) is 3.68. The summed E-state index contributed by atoms with van der Waals surface area (Å²) in [5.41, 5.74) is 3.94. The molecule has 0 aromatic heterocycles. The van der Waals surface area contributed by atoms with Gasteiger partial charge in [0.15, 0.2) is 6.23 Å². The summed E-state index contributed by atoms with van der Waals surface area (Å²) in [5.74, 6) is -2.37. The van der Waals surface area contributed by atoms with Gasteiger partial charge in [-0.1, -0.05) is 26.0 Å². The number of phenols is 1. The molecule has 4 amide bonds. The number of epoxide rings is 1. The van der Waals surface area contributed by atoms with Gasteiger partial charge in [-0.25, -0.2) is 10.4 Å². The van der Waals surface area contributed by atoms with Crippen LogP contribution in [0.4, 0.5) is 0 Å². The summed E-state index contributed by atoms with van der Waals surface area (Å²) in [5, 5.41) is 17.6. The second kappa shape index (κ2) is 13.2. The first kappa shape index (κ1) is 30.2. The fraction of sp³-hybridized carbons (Fsp3) is 0.536. The summed E-state index contributed by atoms with van der Waals surface area (Å²) in [7, 11) is 1.34. The van der Waals surface area contributed by atoms with Gasteiger partial charge in [-0.15, -0.1) is 0 Å². The molecule has 13 nitrogen and oxygen atoms in total. The highest BCUT2D eigenvalue weighted by Gasteiger charge is 2.51. The van der Waals surface area contributed by atoms with Crippen molar-refractivity contribution in [1.29, 1.82) is 0 Å². The Labute approximate surface area is 238 Å². The highest BCUT2D eigenvalue weighted by molar-refractivity contribution is 6.13. The van der Waals surface area contributed by atoms with Crippen LogP contribution in [0.1, 0.15) is 38.7 Å². The molecule has 2 unspecified atom stereocenters. The van der Waals surface area contributed by atoms with E-state index in [2.05, 4.69) is 16.1 Å². The number of hydrogen-bond acceptors (Lipinski definition) is 10. The molecule has 3 aliphatic rings. The van der Waals surface area contributed by atoms with Crippen LogP contribution in [0.5, 0.6) is 5.75 Å². The van der Waals surface area contributed by atoms with E-state index >= 15 is 0 Å². The molecule has 2 fully saturated rings. The van der Waals surface area contributed by atoms with E-state index in [0.717, 1.165) is 29.0 Å². The molecular weight excluding hydrogens is 534 g/mol. The molecule has 0 saturated carbocycles. The fourth-order valence-corrected chi connectivity index (χ4v) is 5.07. The minimum absolute atomic E-state index is 0.0872. The molecule has 3 heterocycles. The molecular formula is C28H37N5O8. The van der Waals surface area contributed by atoms with Crippen molar-refractivity contribution in [3.63, 3.8) is 0 Å². The summed E-state index contributed by atoms with van der Waals surface area (Å²) in [6.07, 6.45) is 3.08. The maximum absolute atomic E-state index is 13.5. The van der Waals surface area contributed by atoms with Gasteiger partial charge in [0, 0.05) is 31.7 Å². The van der Waals surface area contributed by atoms with E-state index in [-0.39, 0.29) is 30.6 Å². The number of esters is 1. The second-order valence-electron chi connectivity index (χ2n) is 10.7. The van der Waals surface area contributed by atoms with Crippen LogP contribution in [-0.4, -0.2) is 95.3 Å². The minimum Gasteiger partial charge on any atom is -0.508 e. The lowest BCUT2D eigenvalue weighted by molar-refractivity contribution is -0.146. The maximum atomic E-state index is 13.5. The topological polar surface area (TPSA) is 170 Å². The van der Waals surface area contributed by atoms with Crippen LogP contribution < -0.4 is 16.1 Å². The number of imide groups is 1. The van der Waals surface area contributed by atoms with Crippen LogP contribution in [0.15, 0.2) is 36.4 Å². The molecule has 2 saturated heterocycles. The zero-order chi connectivity index (χ0) is 29.7. The number of hydrazine groups is 1. The van der Waals surface area contributed by atoms with Crippen molar-refractivity contribution in [2.45, 2.75) is 70.0 Å². The van der Waals surface area contributed by atoms with Crippen molar-refractivity contribution in [2.75, 3.05) is 20.2 Å². The lowest BCUT2D eigenvalue weighted by Gasteiger charge is -2.32. The average molecular weight is 572 g/mol. The third kappa shape index (κ3) is 7.69. The Morgan fingerprint density at radius 2 is 1.90 bits per heavy atom. The lowest BCUT2D eigenvalue weighted by Crippen LogP contribution is -2.57. The molecule has 3 aliphatic heterocycles. The van der Waals surface area contributed by atoms with Crippen LogP contribution >= 0.6 is 0 Å². The van der Waals surface area contributed by atoms with E-state index in [9.17, 15) is 29.1 Å². The summed E-state index contributed by atoms with van der Waals surface area (Å²) in [6, 6.07) is 4.83. The van der Waals surface area contributed by atoms with Gasteiger partial charge in [0.25, 0.3) is 11.8 Å². The first-order valence-electron chi connectivity index (χ1n) is 13.7. The monoisotopic (exact) mass is 571 g/mol. The number of aromatic hydroxyl groups is 1. The lowest BCUT2D eigenvalue weighted by atomic mass is 9.99. The fourth-order valence-electron chi connectivity index (χ4n) is 5.07. The zero-order valence-electron chi connectivity index (χ0n) is 23.4. The first-order valence-corrected chi connectivity index (χ1v) is 13.7. The number of methoxy groups -OCH3 is 1. The van der Waals surface area contributed by atoms with E-state index in [0.29, 0.717) is 19.4 Å². The van der Waals surface area contributed by atoms with Crippen LogP contribution in [0.2, 0.25) is 0 Å². The summed E-state index contributed by atoms with van der Waals surface area (Å²) >= 11 is 0. The number of benzene rings is 1. The number of nitrogens with zero attached hydrogens (tertiary/aromatic N) is 2. The van der Waals surface area contributed by atoms with Crippen LogP contribution in [0.25, 0.3) is 0 Å². The molecule has 1 aromatic carbocycles. The third-order valence-corrected chi connectivity index (χ3v) is 7.33. The number of amides is 4. The van der Waals surface area contributed by atoms with E-state index in [1.807, 2.05) is 11.1 Å². The molecule has 41 heavy (non-hydrogen) atoms. The molecule has 0 bridgehead atoms. The van der Waals surface area contributed by atoms with Crippen molar-refractivity contribution in [1.82, 2.24) is 26.0 Å². The van der Waals surface area contributed by atoms with Gasteiger partial charge in [-0.2, -0.15) is 0 Å². The first-order chi connectivity index (χ1) is 19.6. The van der Waals surface area contributed by atoms with Crippen molar-refractivity contribution in [3.8, 4) is 5.75 Å². The van der Waals surface area contributed by atoms with Gasteiger partial charge in [0.1, 0.15) is 23.9 Å². The normalized spacial score (nSPS) is 23.8. The Balaban J connectivity index is 1.41. The molecule has 4 rings (SSSR count). The minimum atomic E-state index is -0.883. The Morgan fingerprint density at radius 1 is 1.17 bits per heavy atom. The van der Waals surface area contributed by atoms with E-state index in [1.54, 1.807) is 32.0 Å². The van der Waals surface area contributed by atoms with Gasteiger partial charge in [0.2, 0.25) is 11.8 Å². The Morgan fingerprint density at radius 3 is 2.56 bits per heavy atom. The highest BCUT2D eigenvalue weighted by Crippen LogP contribution is 2.32. The third-order valence-electron chi connectivity index (χ3n) is 7.33. The molecule has 5 atom stereocenters. The zero-order valence-corrected chi connectivity index (χ0v) is 23.4. The summed E-state index contributed by atoms with van der Waals surface area (Å²) < 4.78 is 10.9. The molecule has 0 spiro atoms. The molecule has 1 aromatic rings. The van der Waals surface area contributed by atoms with E-state index in [4.69, 9.17) is 9.47 Å². The maximum Gasteiger partial charge on any atom is 0.324 e. The predicted molar refractivity (Wildman–Crippen MR) is 145 cm³/mol. The number of carbonyl (C=O) groups is 5. The van der Waals surface area contributed by atoms with E-state index in [1.165, 1.54) is 7.11 Å². The molecule has 0 aliphatic carbocycles. The predicted octanol–water partition coefficient (Wildman–Crippen LogP) is -0.258. The van der Waals surface area contributed by atoms with Gasteiger partial charge >= 0.3 is 5.97 Å². The smallest absolute Gasteiger partial charge is 0.324 e. The van der Waals surface area contributed by atoms with Crippen molar-refractivity contribution in [2.24, 2.45) is 5.92 Å². The highest BCUT2D eigenvalue weighted by atomic mass is 16.6. The van der Waals surface area contributed by atoms with Gasteiger partial charge in [0.05, 0.1) is 13.2 Å². The quantitative estimate of drug-likeness (QED) is 0.149. The molecule has 13 heteroatoms. The summed E-state index contributed by atoms with van der Waals surface area (Å²) in [6.45, 7) is 4.15. The van der Waals surface area contributed by atoms with Crippen molar-refractivity contribution >= 4 is 29.6 Å². The Bertz CT molecular complexity index is 1190. The van der Waals surface area contributed by atoms with Crippen LogP contribution in [0.3, 0.4) is 0 Å². The Kier molecular flexibility index (Phi) is 9.73. The van der Waals surface area contributed by atoms with Crippen molar-refractivity contribution in [3.05, 3.63) is 42.0 Å². The Hall–Kier alpha value is -3.81. The number of rotatable bonds is 12. The van der Waals surface area contributed by atoms with Crippen LogP contribution in [-0.2, 0) is 39.9 Å². The van der Waals surface area contributed by atoms with Crippen LogP contribution in [0, 0.1) is 5.92 Å². The van der Waals surface area contributed by atoms with Crippen molar-refractivity contribution < 1.29 is 38.6 Å². The number of ether oxygens (including phenoxy) is 2. The largest absolute Gasteiger partial charge is 0.508 e. The number of carbonyl (C=O) groups excluding carboxylic acids is 5. The van der Waals surface area contributed by atoms with Gasteiger partial charge < -0.3 is 25.2 Å². The van der Waals surface area contributed by atoms with Gasteiger partial charge in [-0.3, -0.25) is 28.9 Å². The number of phenolic OH excluding ortho intramolecular Hbond substituents is 1.